The van der Waals surface area contributed by atoms with Crippen molar-refractivity contribution in [2.45, 2.75) is 6.42 Å². The van der Waals surface area contributed by atoms with Gasteiger partial charge < -0.3 is 10.2 Å². The van der Waals surface area contributed by atoms with Gasteiger partial charge in [0.2, 0.25) is 0 Å². The second-order valence-electron chi connectivity index (χ2n) is 6.12. The molecule has 0 bridgehead atoms. The first-order valence-corrected chi connectivity index (χ1v) is 8.39. The molecule has 2 amide bonds. The topological polar surface area (TPSA) is 35.6 Å². The summed E-state index contributed by atoms with van der Waals surface area (Å²) in [6.07, 6.45) is 0.988. The van der Waals surface area contributed by atoms with Gasteiger partial charge in [0.15, 0.2) is 11.6 Å². The number of nitrogens with zero attached hydrogens (tertiary/aromatic N) is 2. The second-order valence-corrected chi connectivity index (χ2v) is 6.12. The van der Waals surface area contributed by atoms with Crippen molar-refractivity contribution in [3.05, 3.63) is 65.7 Å². The van der Waals surface area contributed by atoms with Crippen molar-refractivity contribution in [3.63, 3.8) is 0 Å². The first-order chi connectivity index (χ1) is 12.1. The van der Waals surface area contributed by atoms with E-state index < -0.39 is 11.6 Å². The molecule has 0 unspecified atom stereocenters. The van der Waals surface area contributed by atoms with Crippen molar-refractivity contribution in [1.82, 2.24) is 9.80 Å². The molecule has 1 N–H and O–H groups in total. The quantitative estimate of drug-likeness (QED) is 0.922. The van der Waals surface area contributed by atoms with Crippen LogP contribution in [0, 0.1) is 11.6 Å². The number of nitrogens with one attached hydrogen (secondary N) is 1. The Hall–Kier alpha value is -2.47. The van der Waals surface area contributed by atoms with Gasteiger partial charge in [0, 0.05) is 44.5 Å². The van der Waals surface area contributed by atoms with Crippen LogP contribution in [-0.4, -0.2) is 48.6 Å². The van der Waals surface area contributed by atoms with Crippen LogP contribution in [0.3, 0.4) is 0 Å². The van der Waals surface area contributed by atoms with E-state index >= 15 is 0 Å². The molecule has 0 atom stereocenters. The summed E-state index contributed by atoms with van der Waals surface area (Å²) in [6, 6.07) is 13.4. The van der Waals surface area contributed by atoms with Crippen molar-refractivity contribution in [2.75, 3.05) is 38.0 Å². The first kappa shape index (κ1) is 17.4. The van der Waals surface area contributed by atoms with Gasteiger partial charge in [-0.25, -0.2) is 13.6 Å². The molecule has 3 rings (SSSR count). The lowest BCUT2D eigenvalue weighted by Gasteiger charge is -2.34. The first-order valence-electron chi connectivity index (χ1n) is 8.39. The molecule has 1 heterocycles. The molecule has 1 aliphatic rings. The summed E-state index contributed by atoms with van der Waals surface area (Å²) in [5, 5.41) is 2.61. The van der Waals surface area contributed by atoms with Crippen LogP contribution in [0.15, 0.2) is 48.5 Å². The van der Waals surface area contributed by atoms with Crippen LogP contribution in [0.5, 0.6) is 0 Å². The Kier molecular flexibility index (Phi) is 5.60. The lowest BCUT2D eigenvalue weighted by Crippen LogP contribution is -2.50. The van der Waals surface area contributed by atoms with Gasteiger partial charge in [-0.05, 0) is 24.1 Å². The number of anilines is 1. The van der Waals surface area contributed by atoms with Gasteiger partial charge in [0.1, 0.15) is 0 Å². The van der Waals surface area contributed by atoms with Crippen molar-refractivity contribution in [2.24, 2.45) is 0 Å². The minimum absolute atomic E-state index is 0.260. The molecule has 4 nitrogen and oxygen atoms in total. The number of amides is 2. The zero-order valence-electron chi connectivity index (χ0n) is 13.9. The number of hydrogen-bond donors (Lipinski definition) is 1. The molecule has 1 saturated heterocycles. The van der Waals surface area contributed by atoms with Gasteiger partial charge in [-0.2, -0.15) is 0 Å². The fourth-order valence-corrected chi connectivity index (χ4v) is 2.88. The van der Waals surface area contributed by atoms with E-state index in [2.05, 4.69) is 22.3 Å². The SMILES string of the molecule is O=C(Nc1ccc(F)c(F)c1)N1CCN(CCc2ccccc2)CC1. The highest BCUT2D eigenvalue weighted by Crippen LogP contribution is 2.14. The van der Waals surface area contributed by atoms with Crippen molar-refractivity contribution in [3.8, 4) is 0 Å². The predicted octanol–water partition coefficient (Wildman–Crippen LogP) is 3.36. The van der Waals surface area contributed by atoms with Crippen LogP contribution >= 0.6 is 0 Å². The van der Waals surface area contributed by atoms with Crippen molar-refractivity contribution >= 4 is 11.7 Å². The van der Waals surface area contributed by atoms with Crippen LogP contribution in [0.4, 0.5) is 19.3 Å². The minimum Gasteiger partial charge on any atom is -0.322 e. The fourth-order valence-electron chi connectivity index (χ4n) is 2.88. The van der Waals surface area contributed by atoms with Gasteiger partial charge in [-0.15, -0.1) is 0 Å². The number of urea groups is 1. The third kappa shape index (κ3) is 4.76. The third-order valence-corrected chi connectivity index (χ3v) is 4.39. The maximum Gasteiger partial charge on any atom is 0.321 e. The van der Waals surface area contributed by atoms with E-state index in [0.29, 0.717) is 13.1 Å². The maximum absolute atomic E-state index is 13.2. The minimum atomic E-state index is -0.969. The Labute approximate surface area is 146 Å². The Morgan fingerprint density at radius 2 is 1.68 bits per heavy atom. The highest BCUT2D eigenvalue weighted by molar-refractivity contribution is 5.89. The van der Waals surface area contributed by atoms with Crippen molar-refractivity contribution in [1.29, 1.82) is 0 Å². The van der Waals surface area contributed by atoms with E-state index in [-0.39, 0.29) is 11.7 Å². The number of benzene rings is 2. The van der Waals surface area contributed by atoms with Gasteiger partial charge in [-0.1, -0.05) is 30.3 Å². The molecule has 0 radical (unpaired) electrons. The maximum atomic E-state index is 13.2. The summed E-state index contributed by atoms with van der Waals surface area (Å²) in [5.74, 6) is -1.89. The summed E-state index contributed by atoms with van der Waals surface area (Å²) < 4.78 is 26.1. The van der Waals surface area contributed by atoms with Crippen LogP contribution in [-0.2, 0) is 6.42 Å². The molecular weight excluding hydrogens is 324 g/mol. The Morgan fingerprint density at radius 3 is 2.36 bits per heavy atom. The molecule has 1 aliphatic heterocycles. The molecule has 2 aromatic rings. The van der Waals surface area contributed by atoms with E-state index in [0.717, 1.165) is 38.2 Å². The summed E-state index contributed by atoms with van der Waals surface area (Å²) >= 11 is 0. The van der Waals surface area contributed by atoms with Crippen LogP contribution in [0.2, 0.25) is 0 Å². The van der Waals surface area contributed by atoms with Crippen LogP contribution in [0.1, 0.15) is 5.56 Å². The summed E-state index contributed by atoms with van der Waals surface area (Å²) in [6.45, 7) is 3.80. The van der Waals surface area contributed by atoms with Crippen LogP contribution in [0.25, 0.3) is 0 Å². The molecule has 0 saturated carbocycles. The highest BCUT2D eigenvalue weighted by atomic mass is 19.2. The third-order valence-electron chi connectivity index (χ3n) is 4.39. The molecule has 0 spiro atoms. The van der Waals surface area contributed by atoms with E-state index in [1.54, 1.807) is 4.90 Å². The van der Waals surface area contributed by atoms with Gasteiger partial charge >= 0.3 is 6.03 Å². The monoisotopic (exact) mass is 345 g/mol. The number of carbonyl (C=O) groups excluding carboxylic acids is 1. The number of piperazine rings is 1. The second kappa shape index (κ2) is 8.07. The standard InChI is InChI=1S/C19H21F2N3O/c20-17-7-6-16(14-18(17)21)22-19(25)24-12-10-23(11-13-24)9-8-15-4-2-1-3-5-15/h1-7,14H,8-13H2,(H,22,25). The van der Waals surface area contributed by atoms with E-state index in [4.69, 9.17) is 0 Å². The Balaban J connectivity index is 1.45. The molecule has 2 aromatic carbocycles. The van der Waals surface area contributed by atoms with E-state index in [1.807, 2.05) is 18.2 Å². The number of halogens is 2. The lowest BCUT2D eigenvalue weighted by molar-refractivity contribution is 0.148. The zero-order valence-corrected chi connectivity index (χ0v) is 13.9. The van der Waals surface area contributed by atoms with Crippen molar-refractivity contribution < 1.29 is 13.6 Å². The average molecular weight is 345 g/mol. The molecule has 6 heteroatoms. The van der Waals surface area contributed by atoms with Gasteiger partial charge in [-0.3, -0.25) is 4.90 Å². The van der Waals surface area contributed by atoms with Crippen LogP contribution < -0.4 is 5.32 Å². The fraction of sp³-hybridized carbons (Fsp3) is 0.316. The molecular formula is C19H21F2N3O. The Morgan fingerprint density at radius 1 is 0.960 bits per heavy atom. The molecule has 1 fully saturated rings. The molecule has 0 aromatic heterocycles. The highest BCUT2D eigenvalue weighted by Gasteiger charge is 2.21. The number of hydrogen-bond acceptors (Lipinski definition) is 2. The van der Waals surface area contributed by atoms with Gasteiger partial charge in [0.25, 0.3) is 0 Å². The summed E-state index contributed by atoms with van der Waals surface area (Å²) in [5.41, 5.74) is 1.57. The van der Waals surface area contributed by atoms with E-state index in [1.165, 1.54) is 11.6 Å². The molecule has 132 valence electrons. The molecule has 0 aliphatic carbocycles. The lowest BCUT2D eigenvalue weighted by atomic mass is 10.1. The molecule has 25 heavy (non-hydrogen) atoms. The van der Waals surface area contributed by atoms with E-state index in [9.17, 15) is 13.6 Å². The summed E-state index contributed by atoms with van der Waals surface area (Å²) in [4.78, 5) is 16.3. The predicted molar refractivity (Wildman–Crippen MR) is 93.5 cm³/mol. The Bertz CT molecular complexity index is 716. The zero-order chi connectivity index (χ0) is 17.6. The summed E-state index contributed by atoms with van der Waals surface area (Å²) in [7, 11) is 0. The number of rotatable bonds is 4. The van der Waals surface area contributed by atoms with Gasteiger partial charge in [0.05, 0.1) is 0 Å². The average Bonchev–Trinajstić information content (AvgIpc) is 2.64. The normalized spacial score (nSPS) is 15.2. The number of carbonyl (C=O) groups is 1. The largest absolute Gasteiger partial charge is 0.322 e. The smallest absolute Gasteiger partial charge is 0.321 e.